The van der Waals surface area contributed by atoms with E-state index in [0.29, 0.717) is 36.1 Å². The number of hydrogen-bond acceptors (Lipinski definition) is 8. The Morgan fingerprint density at radius 2 is 1.88 bits per heavy atom. The van der Waals surface area contributed by atoms with Crippen molar-refractivity contribution >= 4 is 39.7 Å². The number of esters is 1. The number of nitrogens with zero attached hydrogens (tertiary/aromatic N) is 2. The van der Waals surface area contributed by atoms with Gasteiger partial charge < -0.3 is 23.6 Å². The number of carboxylic acid groups (broad SMARTS) is 1. The number of aromatic nitrogens is 1. The van der Waals surface area contributed by atoms with Crippen molar-refractivity contribution in [2.45, 2.75) is 77.9 Å². The lowest BCUT2D eigenvalue weighted by Crippen LogP contribution is -2.48. The Morgan fingerprint density at radius 3 is 2.58 bits per heavy atom. The Hall–Kier alpha value is -4.14. The molecule has 0 aliphatic carbocycles. The number of benzene rings is 2. The van der Waals surface area contributed by atoms with Gasteiger partial charge in [-0.1, -0.05) is 6.92 Å². The number of carbonyl (C=O) groups is 2. The molecule has 2 aromatic carbocycles. The van der Waals surface area contributed by atoms with Crippen molar-refractivity contribution in [3.05, 3.63) is 57.9 Å². The van der Waals surface area contributed by atoms with Crippen LogP contribution in [-0.4, -0.2) is 39.7 Å². The number of carboxylic acids is 1. The summed E-state index contributed by atoms with van der Waals surface area (Å²) in [5.41, 5.74) is 2.25. The van der Waals surface area contributed by atoms with Gasteiger partial charge in [-0.2, -0.15) is 0 Å². The maximum atomic E-state index is 13.1. The van der Waals surface area contributed by atoms with Gasteiger partial charge in [0.25, 0.3) is 0 Å². The topological polar surface area (TPSA) is 123 Å². The van der Waals surface area contributed by atoms with E-state index in [9.17, 15) is 19.5 Å². The lowest BCUT2D eigenvalue weighted by Gasteiger charge is -2.47. The standard InChI is InChI=1S/C31H34N2O7/c1-17-16-31(5,6)33(11-7-8-26(34)40-30(2,3)4)23-15-25-19(12-20(17)23)13-21(29(37)39-25)27-32-22-14-18(28(35)36)9-10-24(22)38-27/h9-10,12-15,17H,7-8,11,16H2,1-6H3,(H,35,36). The molecule has 0 fully saturated rings. The van der Waals surface area contributed by atoms with E-state index in [1.807, 2.05) is 32.9 Å². The van der Waals surface area contributed by atoms with E-state index < -0.39 is 17.2 Å². The van der Waals surface area contributed by atoms with E-state index in [1.54, 1.807) is 6.07 Å². The van der Waals surface area contributed by atoms with Gasteiger partial charge in [-0.25, -0.2) is 14.6 Å². The predicted molar refractivity (Wildman–Crippen MR) is 152 cm³/mol. The molecule has 3 heterocycles. The van der Waals surface area contributed by atoms with Crippen molar-refractivity contribution in [1.82, 2.24) is 4.98 Å². The second-order valence-corrected chi connectivity index (χ2v) is 12.2. The van der Waals surface area contributed by atoms with E-state index in [2.05, 4.69) is 30.7 Å². The summed E-state index contributed by atoms with van der Waals surface area (Å²) in [4.78, 5) is 43.3. The fourth-order valence-corrected chi connectivity index (χ4v) is 5.62. The first kappa shape index (κ1) is 27.4. The second-order valence-electron chi connectivity index (χ2n) is 12.2. The summed E-state index contributed by atoms with van der Waals surface area (Å²) in [7, 11) is 0. The zero-order chi connectivity index (χ0) is 29.0. The van der Waals surface area contributed by atoms with Crippen LogP contribution in [-0.2, 0) is 9.53 Å². The van der Waals surface area contributed by atoms with Gasteiger partial charge in [-0.15, -0.1) is 0 Å². The average Bonchev–Trinajstić information content (AvgIpc) is 3.26. The molecule has 210 valence electrons. The van der Waals surface area contributed by atoms with Crippen molar-refractivity contribution in [2.75, 3.05) is 11.4 Å². The lowest BCUT2D eigenvalue weighted by molar-refractivity contribution is -0.154. The first-order valence-electron chi connectivity index (χ1n) is 13.5. The first-order valence-corrected chi connectivity index (χ1v) is 13.5. The van der Waals surface area contributed by atoms with Gasteiger partial charge >= 0.3 is 17.6 Å². The Balaban J connectivity index is 1.49. The quantitative estimate of drug-likeness (QED) is 0.213. The van der Waals surface area contributed by atoms with Crippen molar-refractivity contribution in [1.29, 1.82) is 0 Å². The summed E-state index contributed by atoms with van der Waals surface area (Å²) in [6.07, 6.45) is 1.87. The summed E-state index contributed by atoms with van der Waals surface area (Å²) >= 11 is 0. The summed E-state index contributed by atoms with van der Waals surface area (Å²) in [6, 6.07) is 10.0. The third kappa shape index (κ3) is 5.33. The van der Waals surface area contributed by atoms with E-state index in [0.717, 1.165) is 23.1 Å². The molecule has 1 aliphatic rings. The highest BCUT2D eigenvalue weighted by atomic mass is 16.6. The zero-order valence-corrected chi connectivity index (χ0v) is 23.7. The van der Waals surface area contributed by atoms with Gasteiger partial charge in [-0.05, 0) is 89.3 Å². The molecule has 1 unspecified atom stereocenters. The Labute approximate surface area is 231 Å². The fourth-order valence-electron chi connectivity index (χ4n) is 5.62. The minimum atomic E-state index is -1.07. The third-order valence-electron chi connectivity index (χ3n) is 7.29. The van der Waals surface area contributed by atoms with Crippen LogP contribution in [0.15, 0.2) is 50.0 Å². The second kappa shape index (κ2) is 9.80. The first-order chi connectivity index (χ1) is 18.7. The predicted octanol–water partition coefficient (Wildman–Crippen LogP) is 6.51. The van der Waals surface area contributed by atoms with Gasteiger partial charge in [0.15, 0.2) is 5.58 Å². The van der Waals surface area contributed by atoms with Gasteiger partial charge in [0.05, 0.1) is 5.56 Å². The number of oxazole rings is 1. The number of aromatic carboxylic acids is 1. The number of ether oxygens (including phenoxy) is 1. The van der Waals surface area contributed by atoms with Crippen LogP contribution in [0.3, 0.4) is 0 Å². The van der Waals surface area contributed by atoms with Crippen LogP contribution < -0.4 is 10.5 Å². The third-order valence-corrected chi connectivity index (χ3v) is 7.29. The molecule has 0 radical (unpaired) electrons. The lowest BCUT2D eigenvalue weighted by atomic mass is 9.79. The van der Waals surface area contributed by atoms with Crippen molar-refractivity contribution < 1.29 is 28.3 Å². The fraction of sp³-hybridized carbons (Fsp3) is 0.419. The van der Waals surface area contributed by atoms with E-state index in [-0.39, 0.29) is 34.4 Å². The van der Waals surface area contributed by atoms with Gasteiger partial charge in [-0.3, -0.25) is 4.79 Å². The smallest absolute Gasteiger partial charge is 0.349 e. The molecule has 9 heteroatoms. The van der Waals surface area contributed by atoms with Crippen LogP contribution in [0.5, 0.6) is 0 Å². The van der Waals surface area contributed by atoms with E-state index in [1.165, 1.54) is 18.2 Å². The van der Waals surface area contributed by atoms with Gasteiger partial charge in [0.1, 0.15) is 22.3 Å². The Kier molecular flexibility index (Phi) is 6.72. The molecule has 1 N–H and O–H groups in total. The van der Waals surface area contributed by atoms with Crippen molar-refractivity contribution in [3.8, 4) is 11.5 Å². The minimum absolute atomic E-state index is 0.0730. The van der Waals surface area contributed by atoms with Crippen LogP contribution in [0.4, 0.5) is 5.69 Å². The molecule has 5 rings (SSSR count). The van der Waals surface area contributed by atoms with E-state index in [4.69, 9.17) is 13.6 Å². The monoisotopic (exact) mass is 546 g/mol. The summed E-state index contributed by atoms with van der Waals surface area (Å²) < 4.78 is 17.0. The SMILES string of the molecule is CC1CC(C)(C)N(CCCC(=O)OC(C)(C)C)c2cc3oc(=O)c(-c4nc5cc(C(=O)O)ccc5o4)cc3cc21. The molecule has 1 aliphatic heterocycles. The highest BCUT2D eigenvalue weighted by Crippen LogP contribution is 2.45. The average molecular weight is 547 g/mol. The number of fused-ring (bicyclic) bond motifs is 3. The molecule has 0 amide bonds. The van der Waals surface area contributed by atoms with Crippen LogP contribution >= 0.6 is 0 Å². The molecule has 0 bridgehead atoms. The number of rotatable bonds is 6. The largest absolute Gasteiger partial charge is 0.478 e. The molecule has 2 aromatic heterocycles. The van der Waals surface area contributed by atoms with Crippen molar-refractivity contribution in [3.63, 3.8) is 0 Å². The molecular formula is C31H34N2O7. The molecule has 0 saturated carbocycles. The van der Waals surface area contributed by atoms with Crippen LogP contribution in [0.1, 0.15) is 82.6 Å². The number of anilines is 1. The molecule has 0 spiro atoms. The normalized spacial score (nSPS) is 16.8. The molecule has 0 saturated heterocycles. The van der Waals surface area contributed by atoms with Gasteiger partial charge in [0.2, 0.25) is 5.89 Å². The van der Waals surface area contributed by atoms with Crippen LogP contribution in [0, 0.1) is 0 Å². The molecule has 9 nitrogen and oxygen atoms in total. The molecule has 4 aromatic rings. The Bertz CT molecular complexity index is 1690. The zero-order valence-electron chi connectivity index (χ0n) is 23.7. The van der Waals surface area contributed by atoms with Crippen LogP contribution in [0.25, 0.3) is 33.5 Å². The van der Waals surface area contributed by atoms with Crippen molar-refractivity contribution in [2.24, 2.45) is 0 Å². The van der Waals surface area contributed by atoms with Crippen LogP contribution in [0.2, 0.25) is 0 Å². The summed E-state index contributed by atoms with van der Waals surface area (Å²) in [5.74, 6) is -0.960. The van der Waals surface area contributed by atoms with E-state index >= 15 is 0 Å². The Morgan fingerprint density at radius 1 is 1.12 bits per heavy atom. The number of carbonyl (C=O) groups excluding carboxylic acids is 1. The molecule has 1 atom stereocenters. The van der Waals surface area contributed by atoms with Gasteiger partial charge in [0, 0.05) is 35.6 Å². The highest BCUT2D eigenvalue weighted by molar-refractivity contribution is 5.92. The number of hydrogen-bond donors (Lipinski definition) is 1. The maximum Gasteiger partial charge on any atom is 0.349 e. The minimum Gasteiger partial charge on any atom is -0.478 e. The summed E-state index contributed by atoms with van der Waals surface area (Å²) in [6.45, 7) is 12.8. The summed E-state index contributed by atoms with van der Waals surface area (Å²) in [5, 5.41) is 10.0. The molecular weight excluding hydrogens is 512 g/mol. The maximum absolute atomic E-state index is 13.1. The molecule has 40 heavy (non-hydrogen) atoms. The highest BCUT2D eigenvalue weighted by Gasteiger charge is 2.36.